The van der Waals surface area contributed by atoms with Gasteiger partial charge in [0.25, 0.3) is 0 Å². The van der Waals surface area contributed by atoms with E-state index < -0.39 is 10.8 Å². The highest BCUT2D eigenvalue weighted by molar-refractivity contribution is 9.10. The van der Waals surface area contributed by atoms with E-state index in [1.807, 2.05) is 0 Å². The molecule has 0 bridgehead atoms. The highest BCUT2D eigenvalue weighted by Gasteiger charge is 2.25. The Hall–Kier alpha value is -3.15. The Morgan fingerprint density at radius 1 is 1.39 bits per heavy atom. The van der Waals surface area contributed by atoms with Crippen LogP contribution in [0.2, 0.25) is 0 Å². The number of carbonyl (C=O) groups excluding carboxylic acids is 1. The van der Waals surface area contributed by atoms with Crippen LogP contribution in [0, 0.1) is 22.9 Å². The third-order valence-corrected chi connectivity index (χ3v) is 4.78. The summed E-state index contributed by atoms with van der Waals surface area (Å²) in [6.45, 7) is 1.96. The van der Waals surface area contributed by atoms with Gasteiger partial charge in [0.1, 0.15) is 16.8 Å². The monoisotopic (exact) mass is 452 g/mol. The summed E-state index contributed by atoms with van der Waals surface area (Å²) in [6, 6.07) is 5.97. The van der Waals surface area contributed by atoms with E-state index in [1.54, 1.807) is 19.1 Å². The maximum atomic E-state index is 12.9. The lowest BCUT2D eigenvalue weighted by Crippen LogP contribution is -2.26. The number of hydrogen-bond acceptors (Lipinski definition) is 7. The second kappa shape index (κ2) is 8.25. The fourth-order valence-corrected chi connectivity index (χ4v) is 2.80. The molecule has 146 valence electrons. The van der Waals surface area contributed by atoms with Crippen molar-refractivity contribution in [1.82, 2.24) is 25.2 Å². The van der Waals surface area contributed by atoms with Crippen LogP contribution >= 0.6 is 15.9 Å². The van der Waals surface area contributed by atoms with Crippen molar-refractivity contribution in [3.63, 3.8) is 0 Å². The number of carbonyl (C=O) groups is 1. The molecular weight excluding hydrogens is 439 g/mol. The fourth-order valence-electron chi connectivity index (χ4n) is 2.37. The van der Waals surface area contributed by atoms with Crippen molar-refractivity contribution in [3.05, 3.63) is 67.6 Å². The highest BCUT2D eigenvalue weighted by atomic mass is 79.9. The number of halogens is 2. The third kappa shape index (κ3) is 4.39. The molecule has 0 aliphatic rings. The Morgan fingerprint density at radius 3 is 2.75 bits per heavy atom. The summed E-state index contributed by atoms with van der Waals surface area (Å²) in [5.74, 6) is -1.27. The molecule has 0 fully saturated rings. The predicted molar refractivity (Wildman–Crippen MR) is 97.2 cm³/mol. The van der Waals surface area contributed by atoms with E-state index in [-0.39, 0.29) is 34.4 Å². The minimum Gasteiger partial charge on any atom is -0.358 e. The van der Waals surface area contributed by atoms with E-state index in [2.05, 4.69) is 36.5 Å². The van der Waals surface area contributed by atoms with E-state index in [1.165, 1.54) is 16.8 Å². The maximum Gasteiger partial charge on any atom is 0.404 e. The van der Waals surface area contributed by atoms with Gasteiger partial charge >= 0.3 is 17.6 Å². The average molecular weight is 453 g/mol. The zero-order valence-electron chi connectivity index (χ0n) is 14.6. The largest absolute Gasteiger partial charge is 0.404 e. The summed E-state index contributed by atoms with van der Waals surface area (Å²) < 4.78 is 19.4. The second-order valence-electron chi connectivity index (χ2n) is 5.79. The van der Waals surface area contributed by atoms with Crippen LogP contribution in [-0.2, 0) is 13.0 Å². The van der Waals surface area contributed by atoms with Crippen molar-refractivity contribution in [2.75, 3.05) is 6.54 Å². The van der Waals surface area contributed by atoms with Crippen LogP contribution in [0.4, 0.5) is 10.2 Å². The molecule has 0 radical (unpaired) electrons. The normalized spacial score (nSPS) is 10.8. The molecule has 3 aromatic rings. The van der Waals surface area contributed by atoms with Gasteiger partial charge in [0, 0.05) is 6.54 Å². The molecule has 1 aromatic carbocycles. The lowest BCUT2D eigenvalue weighted by atomic mass is 10.1. The summed E-state index contributed by atoms with van der Waals surface area (Å²) in [7, 11) is 0. The molecule has 1 amide bonds. The molecule has 2 aromatic heterocycles. The van der Waals surface area contributed by atoms with Crippen LogP contribution in [0.1, 0.15) is 27.8 Å². The van der Waals surface area contributed by atoms with Crippen LogP contribution < -0.4 is 5.32 Å². The van der Waals surface area contributed by atoms with E-state index in [9.17, 15) is 19.3 Å². The molecular formula is C16H14BrFN6O4. The standard InChI is InChI=1S/C16H14BrFN6O4/c1-9-13(17)14(24(26)27)21-23(9)8-12-20-16(28-22-12)15(25)19-7-6-10-2-4-11(18)5-3-10/h2-5H,6-8H2,1H3,(H,19,25). The second-order valence-corrected chi connectivity index (χ2v) is 6.58. The summed E-state index contributed by atoms with van der Waals surface area (Å²) in [5, 5.41) is 21.1. The third-order valence-electron chi connectivity index (χ3n) is 3.86. The predicted octanol–water partition coefficient (Wildman–Crippen LogP) is 2.41. The van der Waals surface area contributed by atoms with Gasteiger partial charge in [0.15, 0.2) is 5.82 Å². The zero-order chi connectivity index (χ0) is 20.3. The Bertz CT molecular complexity index is 1020. The molecule has 0 aliphatic carbocycles. The van der Waals surface area contributed by atoms with Crippen molar-refractivity contribution in [2.24, 2.45) is 0 Å². The average Bonchev–Trinajstić information content (AvgIpc) is 3.24. The van der Waals surface area contributed by atoms with Gasteiger partial charge in [0.2, 0.25) is 0 Å². The molecule has 10 nitrogen and oxygen atoms in total. The van der Waals surface area contributed by atoms with Gasteiger partial charge in [-0.05, 0) is 51.9 Å². The topological polar surface area (TPSA) is 129 Å². The van der Waals surface area contributed by atoms with Crippen molar-refractivity contribution in [1.29, 1.82) is 0 Å². The number of nitrogens with zero attached hydrogens (tertiary/aromatic N) is 5. The minimum absolute atomic E-state index is 0.00460. The summed E-state index contributed by atoms with van der Waals surface area (Å²) in [5.41, 5.74) is 1.39. The summed E-state index contributed by atoms with van der Waals surface area (Å²) in [4.78, 5) is 26.4. The molecule has 0 aliphatic heterocycles. The molecule has 12 heteroatoms. The first-order valence-electron chi connectivity index (χ1n) is 8.07. The lowest BCUT2D eigenvalue weighted by molar-refractivity contribution is -0.390. The fraction of sp³-hybridized carbons (Fsp3) is 0.250. The molecule has 3 rings (SSSR count). The van der Waals surface area contributed by atoms with Crippen molar-refractivity contribution in [2.45, 2.75) is 19.9 Å². The van der Waals surface area contributed by atoms with Crippen LogP contribution in [0.5, 0.6) is 0 Å². The zero-order valence-corrected chi connectivity index (χ0v) is 16.1. The summed E-state index contributed by atoms with van der Waals surface area (Å²) in [6.07, 6.45) is 0.511. The number of nitrogens with one attached hydrogen (secondary N) is 1. The van der Waals surface area contributed by atoms with Gasteiger partial charge < -0.3 is 20.0 Å². The Labute approximate surface area is 166 Å². The number of rotatable bonds is 7. The smallest absolute Gasteiger partial charge is 0.358 e. The molecule has 0 atom stereocenters. The SMILES string of the molecule is Cc1c(Br)c([N+](=O)[O-])nn1Cc1noc(C(=O)NCCc2ccc(F)cc2)n1. The molecule has 0 saturated heterocycles. The van der Waals surface area contributed by atoms with E-state index in [0.29, 0.717) is 18.7 Å². The lowest BCUT2D eigenvalue weighted by Gasteiger charge is -2.02. The Kier molecular flexibility index (Phi) is 5.78. The number of aromatic nitrogens is 4. The maximum absolute atomic E-state index is 12.9. The van der Waals surface area contributed by atoms with Gasteiger partial charge in [-0.2, -0.15) is 9.67 Å². The highest BCUT2D eigenvalue weighted by Crippen LogP contribution is 2.27. The molecule has 1 N–H and O–H groups in total. The van der Waals surface area contributed by atoms with Gasteiger partial charge in [-0.3, -0.25) is 4.79 Å². The summed E-state index contributed by atoms with van der Waals surface area (Å²) >= 11 is 3.12. The van der Waals surface area contributed by atoms with E-state index >= 15 is 0 Å². The minimum atomic E-state index is -0.607. The molecule has 0 spiro atoms. The van der Waals surface area contributed by atoms with Gasteiger partial charge in [-0.15, -0.1) is 0 Å². The molecule has 0 unspecified atom stereocenters. The Balaban J connectivity index is 1.59. The van der Waals surface area contributed by atoms with Crippen molar-refractivity contribution >= 4 is 27.7 Å². The Morgan fingerprint density at radius 2 is 2.11 bits per heavy atom. The van der Waals surface area contributed by atoms with E-state index in [0.717, 1.165) is 5.56 Å². The van der Waals surface area contributed by atoms with E-state index in [4.69, 9.17) is 4.52 Å². The van der Waals surface area contributed by atoms with Crippen LogP contribution in [0.3, 0.4) is 0 Å². The van der Waals surface area contributed by atoms with Crippen LogP contribution in [0.25, 0.3) is 0 Å². The first-order valence-corrected chi connectivity index (χ1v) is 8.87. The van der Waals surface area contributed by atoms with Crippen LogP contribution in [-0.4, -0.2) is 37.3 Å². The molecule has 28 heavy (non-hydrogen) atoms. The van der Waals surface area contributed by atoms with Crippen molar-refractivity contribution < 1.29 is 18.6 Å². The molecule has 2 heterocycles. The molecule has 0 saturated carbocycles. The number of nitro groups is 1. The first kappa shape index (κ1) is 19.6. The van der Waals surface area contributed by atoms with Gasteiger partial charge in [-0.25, -0.2) is 4.39 Å². The number of benzene rings is 1. The number of hydrogen-bond donors (Lipinski definition) is 1. The van der Waals surface area contributed by atoms with Crippen LogP contribution in [0.15, 0.2) is 33.3 Å². The number of amides is 1. The first-order chi connectivity index (χ1) is 13.3. The van der Waals surface area contributed by atoms with Gasteiger partial charge in [0.05, 0.1) is 10.8 Å². The quantitative estimate of drug-likeness (QED) is 0.430. The van der Waals surface area contributed by atoms with Crippen molar-refractivity contribution in [3.8, 4) is 0 Å². The van der Waals surface area contributed by atoms with Gasteiger partial charge in [-0.1, -0.05) is 17.3 Å².